The van der Waals surface area contributed by atoms with Gasteiger partial charge in [0, 0.05) is 25.2 Å². The van der Waals surface area contributed by atoms with Crippen molar-refractivity contribution in [3.8, 4) is 0 Å². The van der Waals surface area contributed by atoms with Crippen molar-refractivity contribution in [3.63, 3.8) is 0 Å². The minimum Gasteiger partial charge on any atom is -0.348 e. The summed E-state index contributed by atoms with van der Waals surface area (Å²) in [7, 11) is 3.81. The van der Waals surface area contributed by atoms with E-state index in [-0.39, 0.29) is 5.78 Å². The molecule has 0 saturated carbocycles. The molecule has 90 valence electrons. The highest BCUT2D eigenvalue weighted by atomic mass is 32.1. The van der Waals surface area contributed by atoms with Crippen LogP contribution in [0.5, 0.6) is 0 Å². The van der Waals surface area contributed by atoms with Gasteiger partial charge < -0.3 is 4.57 Å². The zero-order chi connectivity index (χ0) is 12.3. The van der Waals surface area contributed by atoms with Crippen molar-refractivity contribution in [2.24, 2.45) is 7.05 Å². The lowest BCUT2D eigenvalue weighted by Gasteiger charge is -2.14. The highest BCUT2D eigenvalue weighted by molar-refractivity contribution is 7.07. The number of carbonyl (C=O) groups is 1. The number of Topliss-reactive ketones (excluding diaryl/α,β-unsaturated/α-hetero) is 1. The molecule has 0 bridgehead atoms. The van der Waals surface area contributed by atoms with Gasteiger partial charge in [-0.3, -0.25) is 9.69 Å². The molecule has 0 N–H and O–H groups in total. The fourth-order valence-electron chi connectivity index (χ4n) is 1.73. The van der Waals surface area contributed by atoms with Crippen LogP contribution in [-0.2, 0) is 13.6 Å². The van der Waals surface area contributed by atoms with E-state index in [0.29, 0.717) is 13.1 Å². The Morgan fingerprint density at radius 3 is 3.00 bits per heavy atom. The van der Waals surface area contributed by atoms with Crippen LogP contribution >= 0.6 is 11.3 Å². The van der Waals surface area contributed by atoms with Crippen LogP contribution in [0.25, 0.3) is 0 Å². The van der Waals surface area contributed by atoms with Gasteiger partial charge in [-0.2, -0.15) is 0 Å². The smallest absolute Gasteiger partial charge is 0.193 e. The number of hydrogen-bond acceptors (Lipinski definition) is 4. The maximum absolute atomic E-state index is 12.0. The molecule has 5 heteroatoms. The van der Waals surface area contributed by atoms with Gasteiger partial charge in [-0.25, -0.2) is 4.98 Å². The number of aryl methyl sites for hydroxylation is 1. The van der Waals surface area contributed by atoms with Crippen molar-refractivity contribution in [2.45, 2.75) is 6.54 Å². The molecule has 0 saturated heterocycles. The molecule has 0 aliphatic carbocycles. The number of ketones is 1. The van der Waals surface area contributed by atoms with Crippen LogP contribution in [0.2, 0.25) is 0 Å². The van der Waals surface area contributed by atoms with Crippen LogP contribution in [0, 0.1) is 0 Å². The van der Waals surface area contributed by atoms with Gasteiger partial charge in [-0.05, 0) is 19.2 Å². The lowest BCUT2D eigenvalue weighted by Crippen LogP contribution is -2.26. The molecule has 0 aliphatic rings. The Balaban J connectivity index is 1.93. The van der Waals surface area contributed by atoms with Crippen LogP contribution in [-0.4, -0.2) is 33.8 Å². The molecule has 0 unspecified atom stereocenters. The van der Waals surface area contributed by atoms with Crippen molar-refractivity contribution in [1.29, 1.82) is 0 Å². The van der Waals surface area contributed by atoms with Gasteiger partial charge in [0.2, 0.25) is 0 Å². The van der Waals surface area contributed by atoms with Crippen LogP contribution in [0.4, 0.5) is 0 Å². The summed E-state index contributed by atoms with van der Waals surface area (Å²) in [6.45, 7) is 1.12. The fourth-order valence-corrected chi connectivity index (χ4v) is 2.27. The predicted octanol–water partition coefficient (Wildman–Crippen LogP) is 1.80. The monoisotopic (exact) mass is 249 g/mol. The zero-order valence-corrected chi connectivity index (χ0v) is 10.8. The second kappa shape index (κ2) is 5.25. The molecule has 2 heterocycles. The first-order chi connectivity index (χ1) is 8.16. The Morgan fingerprint density at radius 2 is 2.41 bits per heavy atom. The lowest BCUT2D eigenvalue weighted by atomic mass is 10.2. The molecule has 0 radical (unpaired) electrons. The van der Waals surface area contributed by atoms with Crippen LogP contribution in [0.1, 0.15) is 16.2 Å². The van der Waals surface area contributed by atoms with Gasteiger partial charge in [-0.15, -0.1) is 11.3 Å². The summed E-state index contributed by atoms with van der Waals surface area (Å²) in [6, 6.07) is 3.73. The Morgan fingerprint density at radius 1 is 1.59 bits per heavy atom. The number of rotatable bonds is 5. The third-order valence-corrected chi connectivity index (χ3v) is 3.19. The summed E-state index contributed by atoms with van der Waals surface area (Å²) < 4.78 is 1.85. The molecule has 17 heavy (non-hydrogen) atoms. The molecule has 0 atom stereocenters. The molecule has 2 aromatic heterocycles. The Bertz CT molecular complexity index is 490. The van der Waals surface area contributed by atoms with Crippen molar-refractivity contribution in [1.82, 2.24) is 14.5 Å². The van der Waals surface area contributed by atoms with Gasteiger partial charge in [0.15, 0.2) is 5.78 Å². The number of carbonyl (C=O) groups excluding carboxylic acids is 1. The summed E-state index contributed by atoms with van der Waals surface area (Å²) in [6.07, 6.45) is 1.88. The minimum absolute atomic E-state index is 0.134. The number of hydrogen-bond donors (Lipinski definition) is 0. The SMILES string of the molecule is CN(CC(=O)c1cccn1C)Cc1cscn1. The van der Waals surface area contributed by atoms with Crippen molar-refractivity contribution in [3.05, 3.63) is 40.6 Å². The third kappa shape index (κ3) is 3.01. The molecule has 0 spiro atoms. The summed E-state index contributed by atoms with van der Waals surface area (Å²) in [5, 5.41) is 2.00. The van der Waals surface area contributed by atoms with E-state index in [1.54, 1.807) is 11.3 Å². The van der Waals surface area contributed by atoms with E-state index < -0.39 is 0 Å². The first-order valence-electron chi connectivity index (χ1n) is 5.37. The number of nitrogens with zero attached hydrogens (tertiary/aromatic N) is 3. The maximum Gasteiger partial charge on any atom is 0.193 e. The summed E-state index contributed by atoms with van der Waals surface area (Å²) >= 11 is 1.57. The van der Waals surface area contributed by atoms with Crippen LogP contribution in [0.15, 0.2) is 29.2 Å². The molecular weight excluding hydrogens is 234 g/mol. The van der Waals surface area contributed by atoms with Crippen molar-refractivity contribution in [2.75, 3.05) is 13.6 Å². The number of likely N-dealkylation sites (N-methyl/N-ethyl adjacent to an activating group) is 1. The molecule has 2 rings (SSSR count). The van der Waals surface area contributed by atoms with Crippen molar-refractivity contribution >= 4 is 17.1 Å². The zero-order valence-electron chi connectivity index (χ0n) is 9.96. The minimum atomic E-state index is 0.134. The molecule has 0 amide bonds. The lowest BCUT2D eigenvalue weighted by molar-refractivity contribution is 0.0934. The highest BCUT2D eigenvalue weighted by Gasteiger charge is 2.12. The summed E-state index contributed by atoms with van der Waals surface area (Å²) in [5.41, 5.74) is 3.56. The molecule has 4 nitrogen and oxygen atoms in total. The van der Waals surface area contributed by atoms with E-state index in [9.17, 15) is 4.79 Å². The van der Waals surface area contributed by atoms with Gasteiger partial charge in [-0.1, -0.05) is 0 Å². The van der Waals surface area contributed by atoms with Crippen LogP contribution < -0.4 is 0 Å². The molecule has 0 aromatic carbocycles. The average Bonchev–Trinajstić information content (AvgIpc) is 2.88. The van der Waals surface area contributed by atoms with E-state index in [2.05, 4.69) is 4.98 Å². The van der Waals surface area contributed by atoms with Crippen LogP contribution in [0.3, 0.4) is 0 Å². The van der Waals surface area contributed by atoms with Gasteiger partial charge in [0.05, 0.1) is 23.4 Å². The Labute approximate surface area is 105 Å². The number of thiazole rings is 1. The average molecular weight is 249 g/mol. The van der Waals surface area contributed by atoms with E-state index in [1.165, 1.54) is 0 Å². The molecule has 2 aromatic rings. The molecule has 0 fully saturated rings. The standard InChI is InChI=1S/C12H15N3OS/c1-14(6-10-8-17-9-13-10)7-12(16)11-4-3-5-15(11)2/h3-5,8-9H,6-7H2,1-2H3. The highest BCUT2D eigenvalue weighted by Crippen LogP contribution is 2.06. The first-order valence-corrected chi connectivity index (χ1v) is 6.31. The van der Waals surface area contributed by atoms with E-state index >= 15 is 0 Å². The molecule has 0 aliphatic heterocycles. The maximum atomic E-state index is 12.0. The van der Waals surface area contributed by atoms with E-state index in [1.807, 2.05) is 52.8 Å². The summed E-state index contributed by atoms with van der Waals surface area (Å²) in [4.78, 5) is 18.2. The van der Waals surface area contributed by atoms with Crippen molar-refractivity contribution < 1.29 is 4.79 Å². The topological polar surface area (TPSA) is 38.1 Å². The van der Waals surface area contributed by atoms with E-state index in [0.717, 1.165) is 11.4 Å². The Hall–Kier alpha value is -1.46. The largest absolute Gasteiger partial charge is 0.348 e. The third-order valence-electron chi connectivity index (χ3n) is 2.56. The second-order valence-corrected chi connectivity index (χ2v) is 4.80. The predicted molar refractivity (Wildman–Crippen MR) is 68.2 cm³/mol. The summed E-state index contributed by atoms with van der Waals surface area (Å²) in [5.74, 6) is 0.134. The van der Waals surface area contributed by atoms with E-state index in [4.69, 9.17) is 0 Å². The molecular formula is C12H15N3OS. The number of aromatic nitrogens is 2. The normalized spacial score (nSPS) is 11.0. The van der Waals surface area contributed by atoms with Gasteiger partial charge in [0.1, 0.15) is 0 Å². The first kappa shape index (κ1) is 12.0. The van der Waals surface area contributed by atoms with Gasteiger partial charge in [0.25, 0.3) is 0 Å². The quantitative estimate of drug-likeness (QED) is 0.758. The Kier molecular flexibility index (Phi) is 3.71. The van der Waals surface area contributed by atoms with Gasteiger partial charge >= 0.3 is 0 Å². The second-order valence-electron chi connectivity index (χ2n) is 4.08. The fraction of sp³-hybridized carbons (Fsp3) is 0.333.